The van der Waals surface area contributed by atoms with Crippen LogP contribution in [0, 0.1) is 5.92 Å². The van der Waals surface area contributed by atoms with Crippen LogP contribution in [0.1, 0.15) is 29.7 Å². The van der Waals surface area contributed by atoms with E-state index in [1.54, 1.807) is 0 Å². The van der Waals surface area contributed by atoms with E-state index in [-0.39, 0.29) is 23.8 Å². The molecule has 0 spiro atoms. The van der Waals surface area contributed by atoms with E-state index in [1.165, 1.54) is 19.5 Å². The van der Waals surface area contributed by atoms with Crippen molar-refractivity contribution in [2.45, 2.75) is 38.1 Å². The van der Waals surface area contributed by atoms with Gasteiger partial charge >= 0.3 is 6.18 Å². The van der Waals surface area contributed by atoms with E-state index in [1.807, 2.05) is 0 Å². The molecule has 0 fully saturated rings. The van der Waals surface area contributed by atoms with Gasteiger partial charge in [-0.05, 0) is 48.9 Å². The van der Waals surface area contributed by atoms with E-state index in [4.69, 9.17) is 4.74 Å². The first-order valence-electron chi connectivity index (χ1n) is 9.49. The van der Waals surface area contributed by atoms with Crippen LogP contribution in [-0.2, 0) is 19.0 Å². The number of halogens is 3. The van der Waals surface area contributed by atoms with Crippen LogP contribution in [-0.4, -0.2) is 38.6 Å². The number of nitrogens with zero attached hydrogens (tertiary/aromatic N) is 2. The highest BCUT2D eigenvalue weighted by molar-refractivity contribution is 5.93. The van der Waals surface area contributed by atoms with Crippen LogP contribution in [0.5, 0.6) is 5.75 Å². The van der Waals surface area contributed by atoms with Crippen molar-refractivity contribution in [2.24, 2.45) is 5.92 Å². The van der Waals surface area contributed by atoms with Crippen LogP contribution in [0.25, 0.3) is 11.0 Å². The summed E-state index contributed by atoms with van der Waals surface area (Å²) in [6.45, 7) is 0. The number of ether oxygens (including phenoxy) is 1. The first-order valence-corrected chi connectivity index (χ1v) is 9.49. The van der Waals surface area contributed by atoms with Crippen LogP contribution < -0.4 is 10.1 Å². The van der Waals surface area contributed by atoms with Crippen molar-refractivity contribution in [3.05, 3.63) is 41.3 Å². The van der Waals surface area contributed by atoms with E-state index in [0.717, 1.165) is 36.2 Å². The van der Waals surface area contributed by atoms with Gasteiger partial charge in [-0.2, -0.15) is 13.2 Å². The fourth-order valence-electron chi connectivity index (χ4n) is 4.02. The van der Waals surface area contributed by atoms with Crippen LogP contribution in [0.2, 0.25) is 0 Å². The molecule has 0 amide bonds. The molecule has 0 saturated carbocycles. The Labute approximate surface area is 169 Å². The van der Waals surface area contributed by atoms with Gasteiger partial charge in [-0.3, -0.25) is 0 Å². The van der Waals surface area contributed by atoms with Crippen molar-refractivity contribution in [1.82, 2.24) is 15.0 Å². The van der Waals surface area contributed by atoms with Crippen molar-refractivity contribution in [1.29, 1.82) is 0 Å². The minimum absolute atomic E-state index is 0.0765. The summed E-state index contributed by atoms with van der Waals surface area (Å²) < 4.78 is 44.7. The first-order chi connectivity index (χ1) is 14.3. The lowest BCUT2D eigenvalue weighted by molar-refractivity contribution is -0.137. The summed E-state index contributed by atoms with van der Waals surface area (Å²) in [5.74, 6) is 0.688. The summed E-state index contributed by atoms with van der Waals surface area (Å²) >= 11 is 0. The molecular weight excluding hydrogens is 401 g/mol. The number of alkyl halides is 3. The Kier molecular flexibility index (Phi) is 5.29. The maximum absolute atomic E-state index is 13.2. The number of aliphatic hydroxyl groups is 2. The third-order valence-corrected chi connectivity index (χ3v) is 5.40. The second-order valence-corrected chi connectivity index (χ2v) is 7.39. The van der Waals surface area contributed by atoms with Crippen LogP contribution >= 0.6 is 0 Å². The second kappa shape index (κ2) is 7.77. The molecule has 7 nitrogen and oxygen atoms in total. The molecule has 1 unspecified atom stereocenters. The average Bonchev–Trinajstić information content (AvgIpc) is 3.05. The summed E-state index contributed by atoms with van der Waals surface area (Å²) in [5.41, 5.74) is 1.84. The predicted octanol–water partition coefficient (Wildman–Crippen LogP) is 3.53. The maximum atomic E-state index is 13.2. The lowest BCUT2D eigenvalue weighted by Gasteiger charge is -2.23. The number of hydrogen-bond acceptors (Lipinski definition) is 6. The van der Waals surface area contributed by atoms with Gasteiger partial charge in [0.2, 0.25) is 0 Å². The molecule has 0 aliphatic heterocycles. The number of hydrogen-bond donors (Lipinski definition) is 4. The first kappa shape index (κ1) is 20.4. The molecule has 2 aromatic heterocycles. The topological polar surface area (TPSA) is 103 Å². The van der Waals surface area contributed by atoms with Crippen LogP contribution in [0.4, 0.5) is 24.7 Å². The molecule has 10 heteroatoms. The Bertz CT molecular complexity index is 1070. The highest BCUT2D eigenvalue weighted by atomic mass is 19.4. The van der Waals surface area contributed by atoms with Crippen molar-refractivity contribution in [2.75, 3.05) is 12.4 Å². The summed E-state index contributed by atoms with van der Waals surface area (Å²) in [6, 6.07) is 3.20. The zero-order valence-corrected chi connectivity index (χ0v) is 16.1. The lowest BCUT2D eigenvalue weighted by atomic mass is 9.84. The monoisotopic (exact) mass is 422 g/mol. The average molecular weight is 422 g/mol. The summed E-state index contributed by atoms with van der Waals surface area (Å²) in [7, 11) is 1.38. The van der Waals surface area contributed by atoms with Crippen LogP contribution in [0.15, 0.2) is 24.5 Å². The maximum Gasteiger partial charge on any atom is 0.416 e. The number of aliphatic hydroxyl groups excluding tert-OH is 1. The van der Waals surface area contributed by atoms with Gasteiger partial charge in [-0.1, -0.05) is 0 Å². The zero-order valence-electron chi connectivity index (χ0n) is 16.1. The van der Waals surface area contributed by atoms with Gasteiger partial charge in [-0.25, -0.2) is 9.97 Å². The van der Waals surface area contributed by atoms with Gasteiger partial charge in [0.15, 0.2) is 6.29 Å². The second-order valence-electron chi connectivity index (χ2n) is 7.39. The Balaban J connectivity index is 1.75. The minimum atomic E-state index is -4.49. The van der Waals surface area contributed by atoms with E-state index >= 15 is 0 Å². The normalized spacial score (nSPS) is 16.7. The Hall–Kier alpha value is -2.85. The molecule has 0 radical (unpaired) electrons. The van der Waals surface area contributed by atoms with Crippen molar-refractivity contribution in [3.8, 4) is 5.75 Å². The van der Waals surface area contributed by atoms with Gasteiger partial charge < -0.3 is 25.3 Å². The quantitative estimate of drug-likeness (QED) is 0.469. The molecule has 4 N–H and O–H groups in total. The molecule has 3 aromatic rings. The number of H-pyrrole nitrogens is 1. The van der Waals surface area contributed by atoms with E-state index < -0.39 is 18.0 Å². The largest absolute Gasteiger partial charge is 0.495 e. The third kappa shape index (κ3) is 3.92. The molecule has 1 aliphatic rings. The molecular formula is C20H21F3N4O3. The Morgan fingerprint density at radius 1 is 1.30 bits per heavy atom. The fourth-order valence-corrected chi connectivity index (χ4v) is 4.02. The molecule has 0 bridgehead atoms. The molecule has 1 aliphatic carbocycles. The van der Waals surface area contributed by atoms with Gasteiger partial charge in [0.05, 0.1) is 23.7 Å². The standard InChI is InChI=1S/C20H21F3N4O3/c1-30-15-5-3-11(20(21,22)23)8-14(15)27-19-17-12-6-10(7-16(28)29)2-4-13(12)26-18(17)24-9-25-19/h3,5,8-10,16,28-29H,2,4,6-7H2,1H3,(H2,24,25,26,27). The van der Waals surface area contributed by atoms with Crippen LogP contribution in [0.3, 0.4) is 0 Å². The number of rotatable bonds is 5. The van der Waals surface area contributed by atoms with Crippen molar-refractivity contribution in [3.63, 3.8) is 0 Å². The number of methoxy groups -OCH3 is 1. The summed E-state index contributed by atoms with van der Waals surface area (Å²) in [5, 5.41) is 22.3. The zero-order chi connectivity index (χ0) is 21.5. The highest BCUT2D eigenvalue weighted by Crippen LogP contribution is 2.39. The molecule has 4 rings (SSSR count). The molecule has 2 heterocycles. The summed E-state index contributed by atoms with van der Waals surface area (Å²) in [6.07, 6.45) is -2.18. The smallest absolute Gasteiger partial charge is 0.416 e. The number of aryl methyl sites for hydroxylation is 1. The molecule has 0 saturated heterocycles. The Morgan fingerprint density at radius 2 is 2.10 bits per heavy atom. The Morgan fingerprint density at radius 3 is 2.80 bits per heavy atom. The van der Waals surface area contributed by atoms with Gasteiger partial charge in [0.1, 0.15) is 23.5 Å². The highest BCUT2D eigenvalue weighted by Gasteiger charge is 2.31. The molecule has 1 aromatic carbocycles. The van der Waals surface area contributed by atoms with Gasteiger partial charge in [-0.15, -0.1) is 0 Å². The SMILES string of the molecule is COc1ccc(C(F)(F)F)cc1Nc1ncnc2[nH]c3c(c12)CC(CC(O)O)CC3. The fraction of sp³-hybridized carbons (Fsp3) is 0.400. The summed E-state index contributed by atoms with van der Waals surface area (Å²) in [4.78, 5) is 11.8. The van der Waals surface area contributed by atoms with Crippen molar-refractivity contribution < 1.29 is 28.1 Å². The number of aromatic nitrogens is 3. The molecule has 1 atom stereocenters. The van der Waals surface area contributed by atoms with Gasteiger partial charge in [0, 0.05) is 12.1 Å². The van der Waals surface area contributed by atoms with E-state index in [0.29, 0.717) is 23.3 Å². The van der Waals surface area contributed by atoms with Gasteiger partial charge in [0.25, 0.3) is 0 Å². The number of anilines is 2. The lowest BCUT2D eigenvalue weighted by Crippen LogP contribution is -2.19. The molecule has 30 heavy (non-hydrogen) atoms. The number of aromatic amines is 1. The number of fused-ring (bicyclic) bond motifs is 3. The van der Waals surface area contributed by atoms with Crippen molar-refractivity contribution >= 4 is 22.5 Å². The third-order valence-electron chi connectivity index (χ3n) is 5.40. The number of nitrogens with one attached hydrogen (secondary N) is 2. The predicted molar refractivity (Wildman–Crippen MR) is 104 cm³/mol. The minimum Gasteiger partial charge on any atom is -0.495 e. The number of benzene rings is 1. The van der Waals surface area contributed by atoms with E-state index in [9.17, 15) is 23.4 Å². The van der Waals surface area contributed by atoms with E-state index in [2.05, 4.69) is 20.3 Å². The molecule has 160 valence electrons.